The number of ether oxygens (including phenoxy) is 1. The second-order valence-corrected chi connectivity index (χ2v) is 6.66. The standard InChI is InChI=1S/C17H25N3O5/c1-24-8-6-18-9-13(17(22)23)10-19-4-5-20(12-14(19)11-18)16(21)15-3-2-7-25-15/h2-3,7,13-14H,4-6,8-12H2,1H3,(H,22,23)/t13-,14-/m0/s1. The van der Waals surface area contributed by atoms with E-state index >= 15 is 0 Å². The average molecular weight is 351 g/mol. The summed E-state index contributed by atoms with van der Waals surface area (Å²) in [6.45, 7) is 4.86. The number of aliphatic carboxylic acids is 1. The van der Waals surface area contributed by atoms with Crippen LogP contribution in [-0.2, 0) is 9.53 Å². The number of methoxy groups -OCH3 is 1. The van der Waals surface area contributed by atoms with Crippen molar-refractivity contribution in [2.45, 2.75) is 6.04 Å². The number of piperazine rings is 1. The topological polar surface area (TPSA) is 86.5 Å². The Morgan fingerprint density at radius 3 is 2.80 bits per heavy atom. The monoisotopic (exact) mass is 351 g/mol. The van der Waals surface area contributed by atoms with Gasteiger partial charge in [-0.2, -0.15) is 0 Å². The highest BCUT2D eigenvalue weighted by Gasteiger charge is 2.37. The maximum Gasteiger partial charge on any atom is 0.309 e. The molecule has 2 atom stereocenters. The molecule has 8 heteroatoms. The molecule has 0 saturated carbocycles. The van der Waals surface area contributed by atoms with Crippen LogP contribution in [0.2, 0.25) is 0 Å². The highest BCUT2D eigenvalue weighted by molar-refractivity contribution is 5.91. The van der Waals surface area contributed by atoms with Crippen molar-refractivity contribution in [2.75, 3.05) is 59.5 Å². The molecule has 2 fully saturated rings. The number of nitrogens with zero attached hydrogens (tertiary/aromatic N) is 3. The first-order valence-corrected chi connectivity index (χ1v) is 8.59. The maximum atomic E-state index is 12.5. The fourth-order valence-electron chi connectivity index (χ4n) is 3.63. The van der Waals surface area contributed by atoms with Gasteiger partial charge in [-0.15, -0.1) is 0 Å². The number of hydrogen-bond acceptors (Lipinski definition) is 6. The van der Waals surface area contributed by atoms with E-state index in [0.29, 0.717) is 51.6 Å². The molecule has 0 radical (unpaired) electrons. The quantitative estimate of drug-likeness (QED) is 0.803. The third-order valence-corrected chi connectivity index (χ3v) is 4.99. The van der Waals surface area contributed by atoms with E-state index in [2.05, 4.69) is 9.80 Å². The number of carboxylic acid groups (broad SMARTS) is 1. The zero-order valence-electron chi connectivity index (χ0n) is 14.5. The van der Waals surface area contributed by atoms with Gasteiger partial charge < -0.3 is 19.2 Å². The zero-order valence-corrected chi connectivity index (χ0v) is 14.5. The van der Waals surface area contributed by atoms with Crippen LogP contribution in [0.4, 0.5) is 0 Å². The van der Waals surface area contributed by atoms with Crippen LogP contribution in [0.15, 0.2) is 22.8 Å². The van der Waals surface area contributed by atoms with Gasteiger partial charge in [-0.25, -0.2) is 0 Å². The molecule has 2 saturated heterocycles. The first kappa shape index (κ1) is 17.9. The van der Waals surface area contributed by atoms with Crippen molar-refractivity contribution >= 4 is 11.9 Å². The van der Waals surface area contributed by atoms with Crippen LogP contribution >= 0.6 is 0 Å². The molecule has 0 aromatic carbocycles. The average Bonchev–Trinajstić information content (AvgIpc) is 3.07. The van der Waals surface area contributed by atoms with Crippen LogP contribution in [0.3, 0.4) is 0 Å². The van der Waals surface area contributed by atoms with E-state index in [1.807, 2.05) is 0 Å². The van der Waals surface area contributed by atoms with Crippen LogP contribution in [0, 0.1) is 5.92 Å². The summed E-state index contributed by atoms with van der Waals surface area (Å²) in [7, 11) is 1.64. The Kier molecular flexibility index (Phi) is 5.72. The lowest BCUT2D eigenvalue weighted by atomic mass is 10.1. The lowest BCUT2D eigenvalue weighted by Gasteiger charge is -2.41. The highest BCUT2D eigenvalue weighted by atomic mass is 16.5. The number of carbonyl (C=O) groups is 2. The molecule has 2 aliphatic rings. The van der Waals surface area contributed by atoms with E-state index in [1.165, 1.54) is 6.26 Å². The first-order chi connectivity index (χ1) is 12.1. The van der Waals surface area contributed by atoms with Gasteiger partial charge in [0.05, 0.1) is 18.8 Å². The number of carboxylic acids is 1. The summed E-state index contributed by atoms with van der Waals surface area (Å²) < 4.78 is 10.4. The largest absolute Gasteiger partial charge is 0.481 e. The van der Waals surface area contributed by atoms with E-state index in [-0.39, 0.29) is 11.9 Å². The lowest BCUT2D eigenvalue weighted by molar-refractivity contribution is -0.142. The molecule has 1 N–H and O–H groups in total. The Morgan fingerprint density at radius 1 is 1.28 bits per heavy atom. The molecule has 138 valence electrons. The molecule has 3 rings (SSSR count). The van der Waals surface area contributed by atoms with Crippen molar-refractivity contribution in [3.63, 3.8) is 0 Å². The van der Waals surface area contributed by atoms with Crippen molar-refractivity contribution < 1.29 is 23.8 Å². The highest BCUT2D eigenvalue weighted by Crippen LogP contribution is 2.20. The van der Waals surface area contributed by atoms with E-state index in [9.17, 15) is 14.7 Å². The van der Waals surface area contributed by atoms with Gasteiger partial charge in [-0.05, 0) is 12.1 Å². The van der Waals surface area contributed by atoms with E-state index < -0.39 is 11.9 Å². The Morgan fingerprint density at radius 2 is 2.12 bits per heavy atom. The van der Waals surface area contributed by atoms with Crippen molar-refractivity contribution in [3.05, 3.63) is 24.2 Å². The molecule has 1 aromatic heterocycles. The Bertz CT molecular complexity index is 591. The maximum absolute atomic E-state index is 12.5. The second-order valence-electron chi connectivity index (χ2n) is 6.66. The van der Waals surface area contributed by atoms with Gasteiger partial charge in [0.25, 0.3) is 5.91 Å². The van der Waals surface area contributed by atoms with Crippen molar-refractivity contribution in [1.82, 2.24) is 14.7 Å². The molecular weight excluding hydrogens is 326 g/mol. The summed E-state index contributed by atoms with van der Waals surface area (Å²) in [5.74, 6) is -0.944. The summed E-state index contributed by atoms with van der Waals surface area (Å²) in [5, 5.41) is 9.50. The molecule has 0 unspecified atom stereocenters. The fraction of sp³-hybridized carbons (Fsp3) is 0.647. The van der Waals surface area contributed by atoms with Gasteiger partial charge in [-0.3, -0.25) is 19.4 Å². The van der Waals surface area contributed by atoms with Gasteiger partial charge in [-0.1, -0.05) is 0 Å². The van der Waals surface area contributed by atoms with Gasteiger partial charge in [0.2, 0.25) is 0 Å². The van der Waals surface area contributed by atoms with E-state index in [0.717, 1.165) is 6.54 Å². The molecule has 2 aliphatic heterocycles. The first-order valence-electron chi connectivity index (χ1n) is 8.59. The fourth-order valence-corrected chi connectivity index (χ4v) is 3.63. The summed E-state index contributed by atoms with van der Waals surface area (Å²) in [6.07, 6.45) is 1.50. The number of carbonyl (C=O) groups excluding carboxylic acids is 1. The number of fused-ring (bicyclic) bond motifs is 1. The second kappa shape index (κ2) is 7.99. The predicted molar refractivity (Wildman–Crippen MR) is 89.4 cm³/mol. The minimum absolute atomic E-state index is 0.105. The van der Waals surface area contributed by atoms with Gasteiger partial charge >= 0.3 is 5.97 Å². The smallest absolute Gasteiger partial charge is 0.309 e. The Balaban J connectivity index is 1.70. The zero-order chi connectivity index (χ0) is 17.8. The lowest BCUT2D eigenvalue weighted by Crippen LogP contribution is -2.57. The molecular formula is C17H25N3O5. The molecule has 0 spiro atoms. The van der Waals surface area contributed by atoms with Crippen LogP contribution in [0.1, 0.15) is 10.6 Å². The number of hydrogen-bond donors (Lipinski definition) is 1. The molecule has 1 amide bonds. The number of amides is 1. The number of furan rings is 1. The summed E-state index contributed by atoms with van der Waals surface area (Å²) in [4.78, 5) is 30.2. The summed E-state index contributed by atoms with van der Waals surface area (Å²) >= 11 is 0. The minimum atomic E-state index is -0.767. The van der Waals surface area contributed by atoms with Gasteiger partial charge in [0.15, 0.2) is 5.76 Å². The molecule has 1 aromatic rings. The van der Waals surface area contributed by atoms with Crippen molar-refractivity contribution in [3.8, 4) is 0 Å². The van der Waals surface area contributed by atoms with Crippen LogP contribution < -0.4 is 0 Å². The van der Waals surface area contributed by atoms with E-state index in [1.54, 1.807) is 24.1 Å². The van der Waals surface area contributed by atoms with Crippen LogP contribution in [0.25, 0.3) is 0 Å². The Labute approximate surface area is 146 Å². The van der Waals surface area contributed by atoms with E-state index in [4.69, 9.17) is 9.15 Å². The van der Waals surface area contributed by atoms with Gasteiger partial charge in [0.1, 0.15) is 0 Å². The molecule has 25 heavy (non-hydrogen) atoms. The molecule has 0 aliphatic carbocycles. The number of rotatable bonds is 5. The molecule has 0 bridgehead atoms. The van der Waals surface area contributed by atoms with Crippen LogP contribution in [0.5, 0.6) is 0 Å². The minimum Gasteiger partial charge on any atom is -0.481 e. The normalized spacial score (nSPS) is 25.4. The molecule has 3 heterocycles. The molecule has 8 nitrogen and oxygen atoms in total. The van der Waals surface area contributed by atoms with Crippen molar-refractivity contribution in [1.29, 1.82) is 0 Å². The summed E-state index contributed by atoms with van der Waals surface area (Å²) in [6, 6.07) is 3.50. The third kappa shape index (κ3) is 4.20. The van der Waals surface area contributed by atoms with Crippen LogP contribution in [-0.4, -0.2) is 97.3 Å². The SMILES string of the molecule is COCCN1C[C@H](C(=O)O)CN2CCN(C(=O)c3ccco3)C[C@@H]2C1. The third-order valence-electron chi connectivity index (χ3n) is 4.99. The predicted octanol–water partition coefficient (Wildman–Crippen LogP) is 0.0688. The van der Waals surface area contributed by atoms with Gasteiger partial charge in [0, 0.05) is 59.0 Å². The Hall–Kier alpha value is -1.90. The van der Waals surface area contributed by atoms with Crippen molar-refractivity contribution in [2.24, 2.45) is 5.92 Å². The summed E-state index contributed by atoms with van der Waals surface area (Å²) in [5.41, 5.74) is 0.